The van der Waals surface area contributed by atoms with E-state index in [1.807, 2.05) is 18.4 Å². The van der Waals surface area contributed by atoms with E-state index in [0.717, 1.165) is 19.0 Å². The normalized spacial score (nSPS) is 23.9. The average molecular weight is 525 g/mol. The summed E-state index contributed by atoms with van der Waals surface area (Å²) in [5.74, 6) is 1.54. The molecule has 1 aliphatic heterocycles. The molecule has 2 atom stereocenters. The highest BCUT2D eigenvalue weighted by Gasteiger charge is 2.44. The molecular formula is C23H33IN4S. The van der Waals surface area contributed by atoms with Gasteiger partial charge in [-0.3, -0.25) is 9.89 Å². The number of nitrogens with one attached hydrogen (secondary N) is 2. The third-order valence-electron chi connectivity index (χ3n) is 6.43. The van der Waals surface area contributed by atoms with Crippen LogP contribution in [-0.2, 0) is 5.41 Å². The smallest absolute Gasteiger partial charge is 0.191 e. The van der Waals surface area contributed by atoms with Crippen molar-refractivity contribution < 1.29 is 0 Å². The van der Waals surface area contributed by atoms with E-state index in [1.54, 1.807) is 0 Å². The number of guanidine groups is 1. The minimum Gasteiger partial charge on any atom is -0.356 e. The Bertz CT molecular complexity index is 773. The molecule has 2 unspecified atom stereocenters. The molecule has 4 rings (SSSR count). The van der Waals surface area contributed by atoms with Crippen LogP contribution in [0, 0.1) is 5.92 Å². The molecule has 2 aromatic rings. The van der Waals surface area contributed by atoms with Crippen molar-refractivity contribution in [2.24, 2.45) is 10.9 Å². The van der Waals surface area contributed by atoms with Gasteiger partial charge in [-0.2, -0.15) is 0 Å². The van der Waals surface area contributed by atoms with Crippen molar-refractivity contribution in [3.05, 3.63) is 58.3 Å². The minimum absolute atomic E-state index is 0. The van der Waals surface area contributed by atoms with Gasteiger partial charge >= 0.3 is 0 Å². The van der Waals surface area contributed by atoms with Gasteiger partial charge < -0.3 is 10.6 Å². The van der Waals surface area contributed by atoms with Crippen LogP contribution in [0.2, 0.25) is 0 Å². The molecule has 6 heteroatoms. The van der Waals surface area contributed by atoms with E-state index in [2.05, 4.69) is 75.4 Å². The summed E-state index contributed by atoms with van der Waals surface area (Å²) in [7, 11) is 4.14. The average Bonchev–Trinajstić information content (AvgIpc) is 3.33. The summed E-state index contributed by atoms with van der Waals surface area (Å²) in [4.78, 5) is 8.49. The Morgan fingerprint density at radius 3 is 2.62 bits per heavy atom. The fraction of sp³-hybridized carbons (Fsp3) is 0.522. The first-order chi connectivity index (χ1) is 13.7. The Kier molecular flexibility index (Phi) is 7.99. The van der Waals surface area contributed by atoms with Gasteiger partial charge in [0.1, 0.15) is 0 Å². The highest BCUT2D eigenvalue weighted by atomic mass is 127. The molecule has 29 heavy (non-hydrogen) atoms. The molecule has 1 aromatic heterocycles. The summed E-state index contributed by atoms with van der Waals surface area (Å²) >= 11 is 1.88. The minimum atomic E-state index is 0. The fourth-order valence-electron chi connectivity index (χ4n) is 4.59. The SMILES string of the molecule is CN=C(NCC1CCCN(C)C1c1cccs1)NCC1(c2ccccc2)CC1.I. The number of benzene rings is 1. The van der Waals surface area contributed by atoms with Gasteiger partial charge in [-0.25, -0.2) is 0 Å². The summed E-state index contributed by atoms with van der Waals surface area (Å²) in [6.45, 7) is 3.10. The predicted molar refractivity (Wildman–Crippen MR) is 135 cm³/mol. The number of piperidine rings is 1. The van der Waals surface area contributed by atoms with Crippen LogP contribution in [0.15, 0.2) is 52.8 Å². The number of thiophene rings is 1. The lowest BCUT2D eigenvalue weighted by molar-refractivity contribution is 0.125. The van der Waals surface area contributed by atoms with Gasteiger partial charge in [0.05, 0.1) is 0 Å². The second-order valence-corrected chi connectivity index (χ2v) is 9.28. The zero-order chi connectivity index (χ0) is 19.4. The molecule has 4 nitrogen and oxygen atoms in total. The van der Waals surface area contributed by atoms with Crippen molar-refractivity contribution in [2.45, 2.75) is 37.1 Å². The molecule has 0 amide bonds. The van der Waals surface area contributed by atoms with Crippen molar-refractivity contribution in [3.8, 4) is 0 Å². The highest BCUT2D eigenvalue weighted by Crippen LogP contribution is 2.47. The largest absolute Gasteiger partial charge is 0.356 e. The number of likely N-dealkylation sites (tertiary alicyclic amines) is 1. The van der Waals surface area contributed by atoms with Crippen LogP contribution < -0.4 is 10.6 Å². The van der Waals surface area contributed by atoms with Crippen molar-refractivity contribution in [1.29, 1.82) is 0 Å². The lowest BCUT2D eigenvalue weighted by atomic mass is 9.88. The third-order valence-corrected chi connectivity index (χ3v) is 7.37. The van der Waals surface area contributed by atoms with E-state index < -0.39 is 0 Å². The lowest BCUT2D eigenvalue weighted by Gasteiger charge is -2.39. The van der Waals surface area contributed by atoms with E-state index >= 15 is 0 Å². The van der Waals surface area contributed by atoms with Gasteiger partial charge in [0.15, 0.2) is 5.96 Å². The number of hydrogen-bond acceptors (Lipinski definition) is 3. The fourth-order valence-corrected chi connectivity index (χ4v) is 5.58. The summed E-state index contributed by atoms with van der Waals surface area (Å²) in [5, 5.41) is 9.42. The van der Waals surface area contributed by atoms with Crippen LogP contribution in [0.4, 0.5) is 0 Å². The van der Waals surface area contributed by atoms with Crippen LogP contribution in [0.5, 0.6) is 0 Å². The maximum absolute atomic E-state index is 4.49. The monoisotopic (exact) mass is 524 g/mol. The molecule has 0 radical (unpaired) electrons. The molecule has 0 bridgehead atoms. The first kappa shape index (κ1) is 22.6. The molecule has 1 saturated carbocycles. The van der Waals surface area contributed by atoms with Crippen molar-refractivity contribution >= 4 is 41.3 Å². The topological polar surface area (TPSA) is 39.7 Å². The molecule has 2 fully saturated rings. The molecular weight excluding hydrogens is 491 g/mol. The summed E-state index contributed by atoms with van der Waals surface area (Å²) in [5.41, 5.74) is 1.74. The quantitative estimate of drug-likeness (QED) is 0.329. The highest BCUT2D eigenvalue weighted by molar-refractivity contribution is 14.0. The zero-order valence-corrected chi connectivity index (χ0v) is 20.6. The van der Waals surface area contributed by atoms with Gasteiger partial charge in [0.25, 0.3) is 0 Å². The molecule has 2 aliphatic rings. The number of rotatable bonds is 6. The standard InChI is InChI=1S/C23H32N4S.HI/c1-24-22(26-17-23(12-13-23)19-9-4-3-5-10-19)25-16-18-8-6-14-27(2)21(18)20-11-7-15-28-20;/h3-5,7,9-11,15,18,21H,6,8,12-14,16-17H2,1-2H3,(H2,24,25,26);1H. The maximum atomic E-state index is 4.49. The Labute approximate surface area is 196 Å². The third kappa shape index (κ3) is 5.33. The van der Waals surface area contributed by atoms with Crippen molar-refractivity contribution in [1.82, 2.24) is 15.5 Å². The maximum Gasteiger partial charge on any atom is 0.191 e. The van der Waals surface area contributed by atoms with E-state index in [4.69, 9.17) is 0 Å². The van der Waals surface area contributed by atoms with Crippen LogP contribution in [0.25, 0.3) is 0 Å². The van der Waals surface area contributed by atoms with Crippen molar-refractivity contribution in [3.63, 3.8) is 0 Å². The first-order valence-electron chi connectivity index (χ1n) is 10.5. The van der Waals surface area contributed by atoms with E-state index in [9.17, 15) is 0 Å². The molecule has 158 valence electrons. The Balaban J connectivity index is 0.00000240. The Morgan fingerprint density at radius 1 is 1.17 bits per heavy atom. The zero-order valence-electron chi connectivity index (χ0n) is 17.4. The first-order valence-corrected chi connectivity index (χ1v) is 11.3. The summed E-state index contributed by atoms with van der Waals surface area (Å²) in [6.07, 6.45) is 5.06. The van der Waals surface area contributed by atoms with Gasteiger partial charge in [-0.05, 0) is 62.2 Å². The molecule has 1 aromatic carbocycles. The van der Waals surface area contributed by atoms with Crippen LogP contribution >= 0.6 is 35.3 Å². The van der Waals surface area contributed by atoms with Crippen LogP contribution in [0.3, 0.4) is 0 Å². The van der Waals surface area contributed by atoms with Gasteiger partial charge in [0, 0.05) is 36.5 Å². The van der Waals surface area contributed by atoms with Crippen LogP contribution in [-0.4, -0.2) is 44.6 Å². The Morgan fingerprint density at radius 2 is 1.97 bits per heavy atom. The van der Waals surface area contributed by atoms with E-state index in [1.165, 1.54) is 42.7 Å². The number of nitrogens with zero attached hydrogens (tertiary/aromatic N) is 2. The molecule has 2 heterocycles. The number of aliphatic imine (C=N–C) groups is 1. The lowest BCUT2D eigenvalue weighted by Crippen LogP contribution is -2.46. The van der Waals surface area contributed by atoms with E-state index in [0.29, 0.717) is 17.4 Å². The number of hydrogen-bond donors (Lipinski definition) is 2. The van der Waals surface area contributed by atoms with Crippen molar-refractivity contribution in [2.75, 3.05) is 33.7 Å². The molecule has 0 spiro atoms. The number of halogens is 1. The van der Waals surface area contributed by atoms with Crippen LogP contribution in [0.1, 0.15) is 42.2 Å². The molecule has 1 aliphatic carbocycles. The second kappa shape index (κ2) is 10.3. The molecule has 1 saturated heterocycles. The second-order valence-electron chi connectivity index (χ2n) is 8.30. The molecule has 2 N–H and O–H groups in total. The predicted octanol–water partition coefficient (Wildman–Crippen LogP) is 4.65. The Hall–Kier alpha value is -1.12. The summed E-state index contributed by atoms with van der Waals surface area (Å²) in [6, 6.07) is 15.9. The van der Waals surface area contributed by atoms with Gasteiger partial charge in [-0.15, -0.1) is 35.3 Å². The summed E-state index contributed by atoms with van der Waals surface area (Å²) < 4.78 is 0. The van der Waals surface area contributed by atoms with E-state index in [-0.39, 0.29) is 24.0 Å². The van der Waals surface area contributed by atoms with Gasteiger partial charge in [0.2, 0.25) is 0 Å². The van der Waals surface area contributed by atoms with Gasteiger partial charge in [-0.1, -0.05) is 36.4 Å².